The maximum Gasteiger partial charge on any atom is 0.129 e. The number of hydrogen-bond acceptors (Lipinski definition) is 1. The Morgan fingerprint density at radius 3 is 2.47 bits per heavy atom. The van der Waals surface area contributed by atoms with Gasteiger partial charge in [-0.1, -0.05) is 29.8 Å². The fourth-order valence-electron chi connectivity index (χ4n) is 1.41. The summed E-state index contributed by atoms with van der Waals surface area (Å²) in [7, 11) is 0. The number of halogens is 2. The summed E-state index contributed by atoms with van der Waals surface area (Å²) in [6, 6.07) is 12.2. The first-order chi connectivity index (χ1) is 8.15. The van der Waals surface area contributed by atoms with Gasteiger partial charge in [-0.15, -0.1) is 0 Å². The summed E-state index contributed by atoms with van der Waals surface area (Å²) in [5.74, 6) is 0.279. The average molecular weight is 251 g/mol. The lowest BCUT2D eigenvalue weighted by Crippen LogP contribution is -1.96. The predicted molar refractivity (Wildman–Crippen MR) is 66.9 cm³/mol. The summed E-state index contributed by atoms with van der Waals surface area (Å²) in [4.78, 5) is 0. The van der Waals surface area contributed by atoms with E-state index in [1.807, 2.05) is 12.1 Å². The number of rotatable bonds is 3. The lowest BCUT2D eigenvalue weighted by atomic mass is 10.2. The molecule has 0 aliphatic carbocycles. The Labute approximate surface area is 105 Å². The molecule has 0 saturated carbocycles. The quantitative estimate of drug-likeness (QED) is 0.786. The summed E-state index contributed by atoms with van der Waals surface area (Å²) in [5, 5.41) is 0.690. The Morgan fingerprint density at radius 2 is 1.82 bits per heavy atom. The van der Waals surface area contributed by atoms with Gasteiger partial charge in [0.2, 0.25) is 0 Å². The van der Waals surface area contributed by atoms with Gasteiger partial charge in [0.1, 0.15) is 18.2 Å². The van der Waals surface area contributed by atoms with Gasteiger partial charge >= 0.3 is 0 Å². The van der Waals surface area contributed by atoms with Crippen LogP contribution in [0.2, 0.25) is 5.02 Å². The molecule has 0 fully saturated rings. The second-order valence-corrected chi connectivity index (χ2v) is 4.26. The SMILES string of the molecule is Cc1ccc(OCc2ccc(Cl)cc2)cc1F. The van der Waals surface area contributed by atoms with Gasteiger partial charge in [0.25, 0.3) is 0 Å². The highest BCUT2D eigenvalue weighted by Crippen LogP contribution is 2.17. The summed E-state index contributed by atoms with van der Waals surface area (Å²) in [6.45, 7) is 2.12. The molecule has 0 N–H and O–H groups in total. The van der Waals surface area contributed by atoms with Gasteiger partial charge < -0.3 is 4.74 Å². The molecule has 17 heavy (non-hydrogen) atoms. The van der Waals surface area contributed by atoms with Gasteiger partial charge in [0.15, 0.2) is 0 Å². The van der Waals surface area contributed by atoms with Crippen LogP contribution in [-0.2, 0) is 6.61 Å². The van der Waals surface area contributed by atoms with Crippen molar-refractivity contribution < 1.29 is 9.13 Å². The van der Waals surface area contributed by atoms with E-state index in [2.05, 4.69) is 0 Å². The van der Waals surface area contributed by atoms with E-state index in [-0.39, 0.29) is 5.82 Å². The van der Waals surface area contributed by atoms with Crippen LogP contribution in [0, 0.1) is 12.7 Å². The Morgan fingerprint density at radius 1 is 1.12 bits per heavy atom. The zero-order chi connectivity index (χ0) is 12.3. The number of aryl methyl sites for hydroxylation is 1. The van der Waals surface area contributed by atoms with Crippen LogP contribution in [0.15, 0.2) is 42.5 Å². The smallest absolute Gasteiger partial charge is 0.129 e. The van der Waals surface area contributed by atoms with Crippen molar-refractivity contribution >= 4 is 11.6 Å². The normalized spacial score (nSPS) is 10.3. The van der Waals surface area contributed by atoms with Crippen molar-refractivity contribution in [2.24, 2.45) is 0 Å². The summed E-state index contributed by atoms with van der Waals surface area (Å²) < 4.78 is 18.7. The van der Waals surface area contributed by atoms with E-state index < -0.39 is 0 Å². The summed E-state index contributed by atoms with van der Waals surface area (Å²) in [5.41, 5.74) is 1.61. The Hall–Kier alpha value is -1.54. The van der Waals surface area contributed by atoms with Crippen LogP contribution >= 0.6 is 11.6 Å². The molecule has 0 aliphatic rings. The molecule has 0 heterocycles. The van der Waals surface area contributed by atoms with Crippen LogP contribution in [0.5, 0.6) is 5.75 Å². The van der Waals surface area contributed by atoms with Crippen molar-refractivity contribution in [1.29, 1.82) is 0 Å². The van der Waals surface area contributed by atoms with Crippen LogP contribution in [-0.4, -0.2) is 0 Å². The average Bonchev–Trinajstić information content (AvgIpc) is 2.33. The second-order valence-electron chi connectivity index (χ2n) is 3.83. The van der Waals surface area contributed by atoms with Crippen molar-refractivity contribution in [3.8, 4) is 5.75 Å². The standard InChI is InChI=1S/C14H12ClFO/c1-10-2-7-13(8-14(10)16)17-9-11-3-5-12(15)6-4-11/h2-8H,9H2,1H3. The van der Waals surface area contributed by atoms with Crippen LogP contribution in [0.3, 0.4) is 0 Å². The molecule has 1 nitrogen and oxygen atoms in total. The van der Waals surface area contributed by atoms with E-state index in [9.17, 15) is 4.39 Å². The Kier molecular flexibility index (Phi) is 3.64. The van der Waals surface area contributed by atoms with Gasteiger partial charge in [-0.2, -0.15) is 0 Å². The first-order valence-electron chi connectivity index (χ1n) is 5.28. The highest BCUT2D eigenvalue weighted by Gasteiger charge is 2.00. The molecule has 0 spiro atoms. The molecule has 0 amide bonds. The summed E-state index contributed by atoms with van der Waals surface area (Å²) >= 11 is 5.78. The van der Waals surface area contributed by atoms with Crippen molar-refractivity contribution in [3.05, 3.63) is 64.4 Å². The molecule has 0 radical (unpaired) electrons. The third kappa shape index (κ3) is 3.21. The van der Waals surface area contributed by atoms with Crippen LogP contribution in [0.25, 0.3) is 0 Å². The molecule has 0 atom stereocenters. The van der Waals surface area contributed by atoms with E-state index in [1.165, 1.54) is 6.07 Å². The molecule has 2 rings (SSSR count). The van der Waals surface area contributed by atoms with Crippen LogP contribution in [0.4, 0.5) is 4.39 Å². The van der Waals surface area contributed by atoms with Crippen molar-refractivity contribution in [2.75, 3.05) is 0 Å². The third-order valence-corrected chi connectivity index (χ3v) is 2.71. The highest BCUT2D eigenvalue weighted by atomic mass is 35.5. The first-order valence-corrected chi connectivity index (χ1v) is 5.66. The number of benzene rings is 2. The van der Waals surface area contributed by atoms with E-state index >= 15 is 0 Å². The molecule has 0 unspecified atom stereocenters. The zero-order valence-corrected chi connectivity index (χ0v) is 10.2. The Balaban J connectivity index is 2.02. The number of ether oxygens (including phenoxy) is 1. The molecular weight excluding hydrogens is 239 g/mol. The zero-order valence-electron chi connectivity index (χ0n) is 9.41. The van der Waals surface area contributed by atoms with E-state index in [1.54, 1.807) is 31.2 Å². The van der Waals surface area contributed by atoms with Gasteiger partial charge in [-0.3, -0.25) is 0 Å². The van der Waals surface area contributed by atoms with Crippen molar-refractivity contribution in [1.82, 2.24) is 0 Å². The van der Waals surface area contributed by atoms with E-state index in [0.29, 0.717) is 22.9 Å². The van der Waals surface area contributed by atoms with Gasteiger partial charge in [-0.05, 0) is 36.2 Å². The molecule has 3 heteroatoms. The summed E-state index contributed by atoms with van der Waals surface area (Å²) in [6.07, 6.45) is 0. The molecule has 0 aliphatic heterocycles. The first kappa shape index (κ1) is 11.9. The van der Waals surface area contributed by atoms with Gasteiger partial charge in [-0.25, -0.2) is 4.39 Å². The lowest BCUT2D eigenvalue weighted by molar-refractivity contribution is 0.304. The Bertz CT molecular complexity index is 508. The van der Waals surface area contributed by atoms with E-state index in [0.717, 1.165) is 5.56 Å². The number of hydrogen-bond donors (Lipinski definition) is 0. The fraction of sp³-hybridized carbons (Fsp3) is 0.143. The maximum atomic E-state index is 13.3. The molecule has 2 aromatic rings. The lowest BCUT2D eigenvalue weighted by Gasteiger charge is -2.07. The van der Waals surface area contributed by atoms with Gasteiger partial charge in [0.05, 0.1) is 0 Å². The molecule has 0 bridgehead atoms. The molecule has 2 aromatic carbocycles. The minimum Gasteiger partial charge on any atom is -0.489 e. The molecule has 0 saturated heterocycles. The van der Waals surface area contributed by atoms with Crippen LogP contribution < -0.4 is 4.74 Å². The predicted octanol–water partition coefficient (Wildman–Crippen LogP) is 4.37. The van der Waals surface area contributed by atoms with Crippen molar-refractivity contribution in [3.63, 3.8) is 0 Å². The van der Waals surface area contributed by atoms with E-state index in [4.69, 9.17) is 16.3 Å². The topological polar surface area (TPSA) is 9.23 Å². The maximum absolute atomic E-state index is 13.3. The minimum atomic E-state index is -0.251. The monoisotopic (exact) mass is 250 g/mol. The largest absolute Gasteiger partial charge is 0.489 e. The third-order valence-electron chi connectivity index (χ3n) is 2.46. The molecule has 0 aromatic heterocycles. The highest BCUT2D eigenvalue weighted by molar-refractivity contribution is 6.30. The minimum absolute atomic E-state index is 0.251. The van der Waals surface area contributed by atoms with Crippen LogP contribution in [0.1, 0.15) is 11.1 Å². The van der Waals surface area contributed by atoms with Crippen molar-refractivity contribution in [2.45, 2.75) is 13.5 Å². The fourth-order valence-corrected chi connectivity index (χ4v) is 1.54. The second kappa shape index (κ2) is 5.19. The van der Waals surface area contributed by atoms with Gasteiger partial charge in [0, 0.05) is 11.1 Å². The molecule has 88 valence electrons. The molecular formula is C14H12ClFO.